The Morgan fingerprint density at radius 3 is 2.38 bits per heavy atom. The summed E-state index contributed by atoms with van der Waals surface area (Å²) in [5, 5.41) is 17.3. The third-order valence-electron chi connectivity index (χ3n) is 2.47. The van der Waals surface area contributed by atoms with Crippen LogP contribution < -0.4 is 0 Å². The summed E-state index contributed by atoms with van der Waals surface area (Å²) in [6.07, 6.45) is 2.65. The first kappa shape index (κ1) is 15.0. The van der Waals surface area contributed by atoms with Crippen LogP contribution in [0.1, 0.15) is 47.0 Å². The number of azo groups is 1. The van der Waals surface area contributed by atoms with E-state index in [1.807, 2.05) is 13.8 Å². The second kappa shape index (κ2) is 6.59. The van der Waals surface area contributed by atoms with Crippen molar-refractivity contribution in [1.29, 1.82) is 5.26 Å². The minimum absolute atomic E-state index is 0.353. The van der Waals surface area contributed by atoms with Crippen molar-refractivity contribution in [2.24, 2.45) is 10.2 Å². The summed E-state index contributed by atoms with van der Waals surface area (Å²) in [5.74, 6) is 0. The van der Waals surface area contributed by atoms with Gasteiger partial charge in [0.2, 0.25) is 0 Å². The molecule has 16 heavy (non-hydrogen) atoms. The molecule has 0 aromatic heterocycles. The van der Waals surface area contributed by atoms with Gasteiger partial charge in [0.1, 0.15) is 0 Å². The summed E-state index contributed by atoms with van der Waals surface area (Å²) >= 11 is 0. The molecule has 0 N–H and O–H groups in total. The molecule has 0 aromatic carbocycles. The second-order valence-electron chi connectivity index (χ2n) is 4.84. The normalized spacial score (nSPS) is 16.0. The van der Waals surface area contributed by atoms with E-state index in [-0.39, 0.29) is 5.60 Å². The van der Waals surface area contributed by atoms with Crippen LogP contribution in [0.25, 0.3) is 0 Å². The predicted molar refractivity (Wildman–Crippen MR) is 64.4 cm³/mol. The van der Waals surface area contributed by atoms with Gasteiger partial charge in [0, 0.05) is 13.5 Å². The lowest BCUT2D eigenvalue weighted by molar-refractivity contribution is 0.00482. The molecule has 1 atom stereocenters. The number of nitriles is 1. The van der Waals surface area contributed by atoms with Gasteiger partial charge in [-0.1, -0.05) is 13.3 Å². The van der Waals surface area contributed by atoms with Crippen LogP contribution in [0, 0.1) is 11.3 Å². The molecule has 0 saturated carbocycles. The van der Waals surface area contributed by atoms with Crippen LogP contribution in [0.4, 0.5) is 0 Å². The molecule has 0 saturated heterocycles. The molecule has 0 spiro atoms. The molecule has 0 bridgehead atoms. The molecule has 0 fully saturated rings. The van der Waals surface area contributed by atoms with Crippen LogP contribution in [-0.4, -0.2) is 24.8 Å². The molecule has 0 aliphatic rings. The highest BCUT2D eigenvalue weighted by Gasteiger charge is 2.32. The van der Waals surface area contributed by atoms with Gasteiger partial charge < -0.3 is 4.74 Å². The van der Waals surface area contributed by atoms with Gasteiger partial charge in [-0.2, -0.15) is 15.5 Å². The van der Waals surface area contributed by atoms with E-state index in [4.69, 9.17) is 10.00 Å². The fourth-order valence-corrected chi connectivity index (χ4v) is 1.43. The standard InChI is InChI=1S/C12H23N3O/c1-6-7-8-14-15-12(4,10-13)9-11(2,3)16-5/h6-9H2,1-5H3. The lowest BCUT2D eigenvalue weighted by Gasteiger charge is -2.28. The maximum absolute atomic E-state index is 9.14. The first-order valence-electron chi connectivity index (χ1n) is 5.74. The van der Waals surface area contributed by atoms with Crippen LogP contribution in [0.5, 0.6) is 0 Å². The van der Waals surface area contributed by atoms with E-state index in [0.29, 0.717) is 13.0 Å². The Morgan fingerprint density at radius 2 is 1.94 bits per heavy atom. The quantitative estimate of drug-likeness (QED) is 0.493. The van der Waals surface area contributed by atoms with Gasteiger partial charge in [0.25, 0.3) is 0 Å². The molecule has 1 unspecified atom stereocenters. The monoisotopic (exact) mass is 225 g/mol. The molecule has 4 nitrogen and oxygen atoms in total. The van der Waals surface area contributed by atoms with Gasteiger partial charge in [0.05, 0.1) is 18.2 Å². The number of methoxy groups -OCH3 is 1. The maximum atomic E-state index is 9.14. The van der Waals surface area contributed by atoms with Crippen LogP contribution in [0.2, 0.25) is 0 Å². The highest BCUT2D eigenvalue weighted by molar-refractivity contribution is 5.06. The average Bonchev–Trinajstić information content (AvgIpc) is 2.24. The van der Waals surface area contributed by atoms with E-state index < -0.39 is 5.54 Å². The van der Waals surface area contributed by atoms with E-state index >= 15 is 0 Å². The van der Waals surface area contributed by atoms with Gasteiger partial charge >= 0.3 is 0 Å². The largest absolute Gasteiger partial charge is 0.379 e. The fourth-order valence-electron chi connectivity index (χ4n) is 1.43. The number of hydrogen-bond acceptors (Lipinski definition) is 4. The molecule has 0 aliphatic heterocycles. The van der Waals surface area contributed by atoms with Gasteiger partial charge in [-0.25, -0.2) is 0 Å². The smallest absolute Gasteiger partial charge is 0.167 e. The van der Waals surface area contributed by atoms with Crippen LogP contribution in [0.3, 0.4) is 0 Å². The second-order valence-corrected chi connectivity index (χ2v) is 4.84. The number of unbranched alkanes of at least 4 members (excludes halogenated alkanes) is 1. The highest BCUT2D eigenvalue weighted by atomic mass is 16.5. The summed E-state index contributed by atoms with van der Waals surface area (Å²) in [4.78, 5) is 0. The Labute approximate surface area is 98.7 Å². The van der Waals surface area contributed by atoms with E-state index in [2.05, 4.69) is 23.2 Å². The Kier molecular flexibility index (Phi) is 6.20. The molecule has 4 heteroatoms. The van der Waals surface area contributed by atoms with E-state index in [1.54, 1.807) is 14.0 Å². The maximum Gasteiger partial charge on any atom is 0.167 e. The lowest BCUT2D eigenvalue weighted by atomic mass is 9.90. The summed E-state index contributed by atoms with van der Waals surface area (Å²) in [5.41, 5.74) is -1.14. The summed E-state index contributed by atoms with van der Waals surface area (Å²) in [6.45, 7) is 8.49. The summed E-state index contributed by atoms with van der Waals surface area (Å²) in [6, 6.07) is 2.21. The van der Waals surface area contributed by atoms with Crippen molar-refractivity contribution in [2.45, 2.75) is 58.1 Å². The molecule has 0 heterocycles. The topological polar surface area (TPSA) is 57.7 Å². The SMILES string of the molecule is CCCCN=NC(C)(C#N)CC(C)(C)OC. The van der Waals surface area contributed by atoms with Gasteiger partial charge in [0.15, 0.2) is 5.54 Å². The zero-order valence-electron chi connectivity index (χ0n) is 11.1. The van der Waals surface area contributed by atoms with Crippen molar-refractivity contribution in [1.82, 2.24) is 0 Å². The molecule has 0 aliphatic carbocycles. The van der Waals surface area contributed by atoms with Gasteiger partial charge in [-0.3, -0.25) is 0 Å². The van der Waals surface area contributed by atoms with Crippen molar-refractivity contribution in [2.75, 3.05) is 13.7 Å². The minimum Gasteiger partial charge on any atom is -0.379 e. The molecule has 0 rings (SSSR count). The molecule has 0 amide bonds. The first-order valence-corrected chi connectivity index (χ1v) is 5.74. The first-order chi connectivity index (χ1) is 7.39. The van der Waals surface area contributed by atoms with Crippen LogP contribution in [0.15, 0.2) is 10.2 Å². The van der Waals surface area contributed by atoms with Crippen LogP contribution >= 0.6 is 0 Å². The molecular weight excluding hydrogens is 202 g/mol. The van der Waals surface area contributed by atoms with E-state index in [9.17, 15) is 0 Å². The zero-order chi connectivity index (χ0) is 12.7. The van der Waals surface area contributed by atoms with Gasteiger partial charge in [-0.15, -0.1) is 0 Å². The zero-order valence-corrected chi connectivity index (χ0v) is 11.1. The highest BCUT2D eigenvalue weighted by Crippen LogP contribution is 2.26. The number of hydrogen-bond donors (Lipinski definition) is 0. The van der Waals surface area contributed by atoms with Gasteiger partial charge in [-0.05, 0) is 27.2 Å². The van der Waals surface area contributed by atoms with Crippen LogP contribution in [-0.2, 0) is 4.74 Å². The number of ether oxygens (including phenoxy) is 1. The molecular formula is C12H23N3O. The van der Waals surface area contributed by atoms with Crippen molar-refractivity contribution in [3.8, 4) is 6.07 Å². The predicted octanol–water partition coefficient (Wildman–Crippen LogP) is 3.34. The molecule has 92 valence electrons. The van der Waals surface area contributed by atoms with E-state index in [0.717, 1.165) is 12.8 Å². The lowest BCUT2D eigenvalue weighted by Crippen LogP contribution is -2.34. The Balaban J connectivity index is 4.44. The number of rotatable bonds is 7. The average molecular weight is 225 g/mol. The summed E-state index contributed by atoms with van der Waals surface area (Å²) < 4.78 is 5.31. The number of nitrogens with zero attached hydrogens (tertiary/aromatic N) is 3. The Hall–Kier alpha value is -0.950. The van der Waals surface area contributed by atoms with Crippen molar-refractivity contribution >= 4 is 0 Å². The van der Waals surface area contributed by atoms with E-state index in [1.165, 1.54) is 0 Å². The fraction of sp³-hybridized carbons (Fsp3) is 0.917. The Bertz CT molecular complexity index is 268. The summed E-state index contributed by atoms with van der Waals surface area (Å²) in [7, 11) is 1.64. The van der Waals surface area contributed by atoms with Crippen molar-refractivity contribution < 1.29 is 4.74 Å². The molecule has 0 radical (unpaired) electrons. The van der Waals surface area contributed by atoms with Crippen molar-refractivity contribution in [3.05, 3.63) is 0 Å². The third kappa shape index (κ3) is 5.82. The molecule has 0 aromatic rings. The Morgan fingerprint density at radius 1 is 1.31 bits per heavy atom. The third-order valence-corrected chi connectivity index (χ3v) is 2.47. The van der Waals surface area contributed by atoms with Crippen molar-refractivity contribution in [3.63, 3.8) is 0 Å². The minimum atomic E-state index is -0.784.